The van der Waals surface area contributed by atoms with Gasteiger partial charge in [0.15, 0.2) is 11.3 Å². The van der Waals surface area contributed by atoms with E-state index in [4.69, 9.17) is 5.26 Å². The van der Waals surface area contributed by atoms with Crippen LogP contribution in [0.15, 0.2) is 18.3 Å². The van der Waals surface area contributed by atoms with E-state index < -0.39 is 0 Å². The summed E-state index contributed by atoms with van der Waals surface area (Å²) in [5.74, 6) is 0. The third kappa shape index (κ3) is 1.25. The Hall–Kier alpha value is -1.89. The third-order valence-corrected chi connectivity index (χ3v) is 1.85. The van der Waals surface area contributed by atoms with Crippen LogP contribution in [0.2, 0.25) is 0 Å². The van der Waals surface area contributed by atoms with Crippen LogP contribution in [0.3, 0.4) is 0 Å². The highest BCUT2D eigenvalue weighted by Crippen LogP contribution is 2.03. The lowest BCUT2D eigenvalue weighted by atomic mass is 10.3. The Morgan fingerprint density at radius 3 is 3.08 bits per heavy atom. The van der Waals surface area contributed by atoms with E-state index in [9.17, 15) is 0 Å². The predicted octanol–water partition coefficient (Wildman–Crippen LogP) is 1.16. The molecular formula is C9H8N4. The number of hydrogen-bond donors (Lipinski definition) is 0. The van der Waals surface area contributed by atoms with Gasteiger partial charge in [0, 0.05) is 0 Å². The van der Waals surface area contributed by atoms with Gasteiger partial charge in [-0.05, 0) is 18.6 Å². The zero-order valence-corrected chi connectivity index (χ0v) is 7.23. The van der Waals surface area contributed by atoms with Gasteiger partial charge in [-0.3, -0.25) is 0 Å². The van der Waals surface area contributed by atoms with Gasteiger partial charge in [-0.1, -0.05) is 6.92 Å². The average molecular weight is 172 g/mol. The number of nitriles is 1. The van der Waals surface area contributed by atoms with Gasteiger partial charge in [0.05, 0.1) is 11.9 Å². The highest BCUT2D eigenvalue weighted by molar-refractivity contribution is 5.41. The zero-order valence-electron chi connectivity index (χ0n) is 7.23. The van der Waals surface area contributed by atoms with Gasteiger partial charge in [0.1, 0.15) is 6.07 Å². The minimum Gasteiger partial charge on any atom is -0.219 e. The summed E-state index contributed by atoms with van der Waals surface area (Å²) in [7, 11) is 0. The van der Waals surface area contributed by atoms with Gasteiger partial charge in [0.25, 0.3) is 0 Å². The lowest BCUT2D eigenvalue weighted by Gasteiger charge is -1.95. The Bertz CT molecular complexity index is 478. The van der Waals surface area contributed by atoms with Gasteiger partial charge < -0.3 is 0 Å². The first-order valence-electron chi connectivity index (χ1n) is 4.09. The Morgan fingerprint density at radius 1 is 1.54 bits per heavy atom. The molecule has 0 spiro atoms. The monoisotopic (exact) mass is 172 g/mol. The molecule has 0 saturated heterocycles. The number of aromatic nitrogens is 3. The molecule has 4 heteroatoms. The summed E-state index contributed by atoms with van der Waals surface area (Å²) in [5, 5.41) is 12.9. The molecule has 0 aliphatic rings. The van der Waals surface area contributed by atoms with Crippen LogP contribution >= 0.6 is 0 Å². The SMILES string of the molecule is CCc1ccc2nc(C#N)cn2n1. The molecule has 0 bridgehead atoms. The maximum absolute atomic E-state index is 8.61. The fourth-order valence-electron chi connectivity index (χ4n) is 1.16. The Labute approximate surface area is 75.4 Å². The molecule has 0 fully saturated rings. The molecule has 0 unspecified atom stereocenters. The summed E-state index contributed by atoms with van der Waals surface area (Å²) >= 11 is 0. The molecule has 2 heterocycles. The topological polar surface area (TPSA) is 54.0 Å². The molecule has 0 N–H and O–H groups in total. The molecule has 0 aliphatic heterocycles. The van der Waals surface area contributed by atoms with Gasteiger partial charge in [-0.15, -0.1) is 0 Å². The van der Waals surface area contributed by atoms with E-state index in [0.29, 0.717) is 11.3 Å². The van der Waals surface area contributed by atoms with Crippen molar-refractivity contribution < 1.29 is 0 Å². The van der Waals surface area contributed by atoms with Crippen LogP contribution in [-0.2, 0) is 6.42 Å². The molecule has 4 nitrogen and oxygen atoms in total. The fourth-order valence-corrected chi connectivity index (χ4v) is 1.16. The maximum Gasteiger partial charge on any atom is 0.161 e. The summed E-state index contributed by atoms with van der Waals surface area (Å²) in [5.41, 5.74) is 2.11. The van der Waals surface area contributed by atoms with E-state index in [1.54, 1.807) is 10.7 Å². The van der Waals surface area contributed by atoms with Crippen LogP contribution in [0.1, 0.15) is 18.3 Å². The van der Waals surface area contributed by atoms with Crippen molar-refractivity contribution in [1.82, 2.24) is 14.6 Å². The van der Waals surface area contributed by atoms with E-state index in [1.165, 1.54) is 0 Å². The van der Waals surface area contributed by atoms with E-state index in [1.807, 2.05) is 25.1 Å². The van der Waals surface area contributed by atoms with Crippen LogP contribution in [0, 0.1) is 11.3 Å². The molecule has 0 atom stereocenters. The number of rotatable bonds is 1. The first-order chi connectivity index (χ1) is 6.33. The molecule has 13 heavy (non-hydrogen) atoms. The van der Waals surface area contributed by atoms with Crippen LogP contribution in [-0.4, -0.2) is 14.6 Å². The molecule has 0 radical (unpaired) electrons. The maximum atomic E-state index is 8.61. The van der Waals surface area contributed by atoms with Crippen molar-refractivity contribution in [3.05, 3.63) is 29.7 Å². The molecule has 0 aliphatic carbocycles. The highest BCUT2D eigenvalue weighted by atomic mass is 15.2. The van der Waals surface area contributed by atoms with E-state index in [2.05, 4.69) is 10.1 Å². The molecule has 0 amide bonds. The van der Waals surface area contributed by atoms with Crippen LogP contribution in [0.4, 0.5) is 0 Å². The lowest BCUT2D eigenvalue weighted by molar-refractivity contribution is 0.862. The Kier molecular flexibility index (Phi) is 1.71. The first-order valence-corrected chi connectivity index (χ1v) is 4.09. The van der Waals surface area contributed by atoms with Crippen molar-refractivity contribution in [2.24, 2.45) is 0 Å². The summed E-state index contributed by atoms with van der Waals surface area (Å²) < 4.78 is 1.64. The normalized spacial score (nSPS) is 10.2. The van der Waals surface area contributed by atoms with Crippen LogP contribution in [0.25, 0.3) is 5.65 Å². The molecule has 2 rings (SSSR count). The first kappa shape index (κ1) is 7.74. The van der Waals surface area contributed by atoms with Gasteiger partial charge in [0.2, 0.25) is 0 Å². The zero-order chi connectivity index (χ0) is 9.26. The molecule has 0 saturated carbocycles. The van der Waals surface area contributed by atoms with Gasteiger partial charge in [-0.2, -0.15) is 10.4 Å². The predicted molar refractivity (Wildman–Crippen MR) is 47.1 cm³/mol. The minimum absolute atomic E-state index is 0.403. The smallest absolute Gasteiger partial charge is 0.161 e. The summed E-state index contributed by atoms with van der Waals surface area (Å²) in [4.78, 5) is 4.05. The van der Waals surface area contributed by atoms with Crippen LogP contribution in [0.5, 0.6) is 0 Å². The minimum atomic E-state index is 0.403. The Balaban J connectivity index is 2.65. The second-order valence-corrected chi connectivity index (χ2v) is 2.72. The van der Waals surface area contributed by atoms with Crippen molar-refractivity contribution in [3.63, 3.8) is 0 Å². The number of nitrogens with zero attached hydrogens (tertiary/aromatic N) is 4. The number of fused-ring (bicyclic) bond motifs is 1. The fraction of sp³-hybridized carbons (Fsp3) is 0.222. The summed E-state index contributed by atoms with van der Waals surface area (Å²) in [6, 6.07) is 5.77. The van der Waals surface area contributed by atoms with E-state index in [-0.39, 0.29) is 0 Å². The number of aryl methyl sites for hydroxylation is 1. The van der Waals surface area contributed by atoms with Crippen molar-refractivity contribution in [2.75, 3.05) is 0 Å². The van der Waals surface area contributed by atoms with E-state index in [0.717, 1.165) is 12.1 Å². The largest absolute Gasteiger partial charge is 0.219 e. The van der Waals surface area contributed by atoms with Crippen molar-refractivity contribution in [1.29, 1.82) is 5.26 Å². The molecular weight excluding hydrogens is 164 g/mol. The van der Waals surface area contributed by atoms with Crippen molar-refractivity contribution in [3.8, 4) is 6.07 Å². The van der Waals surface area contributed by atoms with Crippen LogP contribution < -0.4 is 0 Å². The van der Waals surface area contributed by atoms with Crippen molar-refractivity contribution in [2.45, 2.75) is 13.3 Å². The average Bonchev–Trinajstić information content (AvgIpc) is 2.58. The molecule has 2 aromatic rings. The van der Waals surface area contributed by atoms with Crippen molar-refractivity contribution >= 4 is 5.65 Å². The summed E-state index contributed by atoms with van der Waals surface area (Å²) in [6.07, 6.45) is 2.52. The number of hydrogen-bond acceptors (Lipinski definition) is 3. The standard InChI is InChI=1S/C9H8N4/c1-2-7-3-4-9-11-8(5-10)6-13(9)12-7/h3-4,6H,2H2,1H3. The van der Waals surface area contributed by atoms with Gasteiger partial charge >= 0.3 is 0 Å². The number of imidazole rings is 1. The second kappa shape index (κ2) is 2.87. The summed E-state index contributed by atoms with van der Waals surface area (Å²) in [6.45, 7) is 2.04. The third-order valence-electron chi connectivity index (χ3n) is 1.85. The van der Waals surface area contributed by atoms with Gasteiger partial charge in [-0.25, -0.2) is 9.50 Å². The van der Waals surface area contributed by atoms with E-state index >= 15 is 0 Å². The highest BCUT2D eigenvalue weighted by Gasteiger charge is 2.01. The molecule has 0 aromatic carbocycles. The Morgan fingerprint density at radius 2 is 2.38 bits per heavy atom. The quantitative estimate of drug-likeness (QED) is 0.648. The molecule has 64 valence electrons. The second-order valence-electron chi connectivity index (χ2n) is 2.72. The molecule has 2 aromatic heterocycles. The lowest BCUT2D eigenvalue weighted by Crippen LogP contribution is -1.94.